The van der Waals surface area contributed by atoms with Crippen molar-refractivity contribution in [3.8, 4) is 0 Å². The Labute approximate surface area is 170 Å². The number of thioether (sulfide) groups is 2. The molecule has 2 heterocycles. The van der Waals surface area contributed by atoms with Gasteiger partial charge >= 0.3 is 6.09 Å². The van der Waals surface area contributed by atoms with E-state index in [-0.39, 0.29) is 15.9 Å². The third kappa shape index (κ3) is 5.79. The first-order valence-electron chi connectivity index (χ1n) is 9.55. The maximum Gasteiger partial charge on any atom is 0.407 e. The Kier molecular flexibility index (Phi) is 7.53. The van der Waals surface area contributed by atoms with E-state index >= 15 is 0 Å². The second kappa shape index (κ2) is 9.07. The van der Waals surface area contributed by atoms with Gasteiger partial charge in [0, 0.05) is 13.0 Å². The summed E-state index contributed by atoms with van der Waals surface area (Å²) in [6.07, 6.45) is 2.12. The number of aldehydes is 1. The minimum absolute atomic E-state index is 0.0972. The van der Waals surface area contributed by atoms with Crippen molar-refractivity contribution in [2.75, 3.05) is 24.7 Å². The quantitative estimate of drug-likeness (QED) is 0.694. The van der Waals surface area contributed by atoms with E-state index in [1.807, 2.05) is 58.1 Å². The van der Waals surface area contributed by atoms with E-state index in [0.717, 1.165) is 24.2 Å². The van der Waals surface area contributed by atoms with Crippen molar-refractivity contribution in [1.29, 1.82) is 0 Å². The molecule has 2 rings (SSSR count). The van der Waals surface area contributed by atoms with Crippen LogP contribution >= 0.6 is 23.5 Å². The number of hydrogen-bond acceptors (Lipinski definition) is 6. The lowest BCUT2D eigenvalue weighted by Gasteiger charge is -2.35. The van der Waals surface area contributed by atoms with Gasteiger partial charge < -0.3 is 19.7 Å². The lowest BCUT2D eigenvalue weighted by atomic mass is 9.85. The predicted octanol–water partition coefficient (Wildman–Crippen LogP) is 3.15. The van der Waals surface area contributed by atoms with Gasteiger partial charge in [-0.05, 0) is 29.3 Å². The first kappa shape index (κ1) is 22.4. The topological polar surface area (TPSA) is 75.7 Å². The molecular formula is C19H32N2O4S2. The van der Waals surface area contributed by atoms with Crippen LogP contribution in [0.4, 0.5) is 4.79 Å². The molecule has 0 aliphatic carbocycles. The fraction of sp³-hybridized carbons (Fsp3) is 0.842. The van der Waals surface area contributed by atoms with Crippen molar-refractivity contribution in [3.63, 3.8) is 0 Å². The van der Waals surface area contributed by atoms with Gasteiger partial charge in [0.15, 0.2) is 0 Å². The maximum atomic E-state index is 13.3. The molecule has 2 atom stereocenters. The summed E-state index contributed by atoms with van der Waals surface area (Å²) in [5, 5.41) is 2.74. The van der Waals surface area contributed by atoms with E-state index in [1.54, 1.807) is 4.90 Å². The second-order valence-electron chi connectivity index (χ2n) is 8.77. The van der Waals surface area contributed by atoms with Gasteiger partial charge in [0.2, 0.25) is 5.91 Å². The van der Waals surface area contributed by atoms with Crippen LogP contribution < -0.4 is 5.32 Å². The summed E-state index contributed by atoms with van der Waals surface area (Å²) in [6, 6.07) is -1.18. The highest BCUT2D eigenvalue weighted by atomic mass is 32.2. The van der Waals surface area contributed by atoms with Crippen molar-refractivity contribution < 1.29 is 19.1 Å². The van der Waals surface area contributed by atoms with Crippen molar-refractivity contribution in [3.05, 3.63) is 0 Å². The van der Waals surface area contributed by atoms with Gasteiger partial charge in [-0.15, -0.1) is 23.5 Å². The van der Waals surface area contributed by atoms with Crippen LogP contribution in [0.2, 0.25) is 0 Å². The molecule has 1 N–H and O–H groups in total. The SMILES string of the molecule is CC(C)COC(=O)NC(C(=O)N1CC2(C[C@H]1C=O)SCCCS2)C(C)(C)C. The standard InChI is InChI=1S/C19H32N2O4S2/c1-13(2)11-25-17(24)20-15(18(3,4)5)16(23)21-12-19(9-14(21)10-22)26-7-6-8-27-19/h10,13-15H,6-9,11-12H2,1-5H3,(H,20,24)/t14-,15?/m0/s1. The fourth-order valence-corrected chi connectivity index (χ4v) is 6.65. The molecule has 2 amide bonds. The monoisotopic (exact) mass is 416 g/mol. The highest BCUT2D eigenvalue weighted by Gasteiger charge is 2.50. The highest BCUT2D eigenvalue weighted by Crippen LogP contribution is 2.50. The van der Waals surface area contributed by atoms with Crippen LogP contribution in [-0.2, 0) is 14.3 Å². The predicted molar refractivity (Wildman–Crippen MR) is 111 cm³/mol. The molecule has 0 aromatic heterocycles. The summed E-state index contributed by atoms with van der Waals surface area (Å²) in [7, 11) is 0. The highest BCUT2D eigenvalue weighted by molar-refractivity contribution is 8.18. The zero-order chi connectivity index (χ0) is 20.2. The van der Waals surface area contributed by atoms with Crippen LogP contribution in [0.15, 0.2) is 0 Å². The number of carbonyl (C=O) groups excluding carboxylic acids is 3. The summed E-state index contributed by atoms with van der Waals surface area (Å²) in [6.45, 7) is 10.5. The average Bonchev–Trinajstić information content (AvgIpc) is 2.95. The number of carbonyl (C=O) groups is 3. The minimum atomic E-state index is -0.742. The van der Waals surface area contributed by atoms with Crippen molar-refractivity contribution >= 4 is 41.8 Å². The average molecular weight is 417 g/mol. The van der Waals surface area contributed by atoms with Crippen LogP contribution in [0.25, 0.3) is 0 Å². The van der Waals surface area contributed by atoms with Gasteiger partial charge in [-0.2, -0.15) is 0 Å². The molecule has 0 aromatic carbocycles. The van der Waals surface area contributed by atoms with E-state index in [4.69, 9.17) is 4.74 Å². The normalized spacial score (nSPS) is 23.3. The Morgan fingerprint density at radius 1 is 1.30 bits per heavy atom. The van der Waals surface area contributed by atoms with E-state index in [0.29, 0.717) is 19.6 Å². The number of likely N-dealkylation sites (tertiary alicyclic amines) is 1. The summed E-state index contributed by atoms with van der Waals surface area (Å²) in [4.78, 5) is 38.9. The number of alkyl carbamates (subject to hydrolysis) is 1. The molecular weight excluding hydrogens is 384 g/mol. The Balaban J connectivity index is 2.13. The third-order valence-electron chi connectivity index (χ3n) is 4.71. The lowest BCUT2D eigenvalue weighted by molar-refractivity contribution is -0.138. The number of nitrogens with one attached hydrogen (secondary N) is 1. The molecule has 0 radical (unpaired) electrons. The van der Waals surface area contributed by atoms with Crippen LogP contribution in [0, 0.1) is 11.3 Å². The lowest BCUT2D eigenvalue weighted by Crippen LogP contribution is -2.56. The third-order valence-corrected chi connectivity index (χ3v) is 8.05. The van der Waals surface area contributed by atoms with Gasteiger partial charge in [-0.1, -0.05) is 34.6 Å². The Hall–Kier alpha value is -0.890. The molecule has 2 aliphatic heterocycles. The first-order valence-corrected chi connectivity index (χ1v) is 11.5. The van der Waals surface area contributed by atoms with Gasteiger partial charge in [0.1, 0.15) is 12.3 Å². The minimum Gasteiger partial charge on any atom is -0.449 e. The van der Waals surface area contributed by atoms with Crippen LogP contribution in [0.1, 0.15) is 47.5 Å². The molecule has 27 heavy (non-hydrogen) atoms. The molecule has 8 heteroatoms. The molecule has 0 aromatic rings. The van der Waals surface area contributed by atoms with E-state index in [1.165, 1.54) is 0 Å². The van der Waals surface area contributed by atoms with E-state index in [9.17, 15) is 14.4 Å². The zero-order valence-electron chi connectivity index (χ0n) is 16.9. The maximum absolute atomic E-state index is 13.3. The van der Waals surface area contributed by atoms with Crippen LogP contribution in [0.5, 0.6) is 0 Å². The number of hydrogen-bond donors (Lipinski definition) is 1. The molecule has 2 aliphatic rings. The number of amides is 2. The molecule has 154 valence electrons. The van der Waals surface area contributed by atoms with Crippen molar-refractivity contribution in [1.82, 2.24) is 10.2 Å². The largest absolute Gasteiger partial charge is 0.449 e. The van der Waals surface area contributed by atoms with Gasteiger partial charge in [-0.25, -0.2) is 4.79 Å². The van der Waals surface area contributed by atoms with Gasteiger partial charge in [-0.3, -0.25) is 4.79 Å². The molecule has 2 saturated heterocycles. The smallest absolute Gasteiger partial charge is 0.407 e. The number of rotatable bonds is 5. The Morgan fingerprint density at radius 3 is 2.44 bits per heavy atom. The van der Waals surface area contributed by atoms with Crippen LogP contribution in [-0.4, -0.2) is 64.0 Å². The van der Waals surface area contributed by atoms with Crippen molar-refractivity contribution in [2.45, 2.75) is 63.6 Å². The molecule has 1 unspecified atom stereocenters. The number of ether oxygens (including phenoxy) is 1. The van der Waals surface area contributed by atoms with Crippen molar-refractivity contribution in [2.24, 2.45) is 11.3 Å². The first-order chi connectivity index (χ1) is 12.6. The summed E-state index contributed by atoms with van der Waals surface area (Å²) in [5.41, 5.74) is -0.496. The molecule has 2 fully saturated rings. The van der Waals surface area contributed by atoms with Crippen LogP contribution in [0.3, 0.4) is 0 Å². The molecule has 0 saturated carbocycles. The summed E-state index contributed by atoms with van der Waals surface area (Å²) < 4.78 is 5.11. The van der Waals surface area contributed by atoms with Gasteiger partial charge in [0.05, 0.1) is 16.7 Å². The van der Waals surface area contributed by atoms with E-state index in [2.05, 4.69) is 5.32 Å². The number of nitrogens with zero attached hydrogens (tertiary/aromatic N) is 1. The van der Waals surface area contributed by atoms with Gasteiger partial charge in [0.25, 0.3) is 0 Å². The Morgan fingerprint density at radius 2 is 1.93 bits per heavy atom. The molecule has 6 nitrogen and oxygen atoms in total. The molecule has 0 bridgehead atoms. The van der Waals surface area contributed by atoms with E-state index < -0.39 is 23.6 Å². The Bertz CT molecular complexity index is 556. The fourth-order valence-electron chi connectivity index (χ4n) is 3.28. The second-order valence-corrected chi connectivity index (χ2v) is 12.0. The zero-order valence-corrected chi connectivity index (χ0v) is 18.6. The molecule has 1 spiro atoms. The summed E-state index contributed by atoms with van der Waals surface area (Å²) in [5.74, 6) is 2.13. The summed E-state index contributed by atoms with van der Waals surface area (Å²) >= 11 is 3.71.